The quantitative estimate of drug-likeness (QED) is 0.785. The van der Waals surface area contributed by atoms with Crippen LogP contribution in [0.1, 0.15) is 17.4 Å². The lowest BCUT2D eigenvalue weighted by atomic mass is 10.1. The molecular formula is C17H21N5OS. The molecule has 3 heterocycles. The van der Waals surface area contributed by atoms with Gasteiger partial charge in [0, 0.05) is 32.7 Å². The number of benzene rings is 1. The molecule has 7 heteroatoms. The topological polar surface area (TPSA) is 56.9 Å². The van der Waals surface area contributed by atoms with Crippen molar-refractivity contribution in [2.24, 2.45) is 0 Å². The van der Waals surface area contributed by atoms with Gasteiger partial charge in [0.25, 0.3) is 0 Å². The largest absolute Gasteiger partial charge is 0.387 e. The first-order valence-corrected chi connectivity index (χ1v) is 9.04. The molecule has 1 aliphatic heterocycles. The minimum absolute atomic E-state index is 0.427. The number of imidazole rings is 1. The average molecular weight is 343 g/mol. The number of aliphatic hydroxyl groups excluding tert-OH is 1. The maximum absolute atomic E-state index is 10.4. The number of anilines is 1. The number of β-amino-alcohol motifs (C(OH)–C–C–N with tert-alkyl or cyclic N) is 1. The van der Waals surface area contributed by atoms with Crippen molar-refractivity contribution in [2.75, 3.05) is 37.6 Å². The van der Waals surface area contributed by atoms with Gasteiger partial charge in [0.05, 0.1) is 18.0 Å². The van der Waals surface area contributed by atoms with E-state index >= 15 is 0 Å². The van der Waals surface area contributed by atoms with E-state index in [1.54, 1.807) is 11.3 Å². The Morgan fingerprint density at radius 3 is 2.62 bits per heavy atom. The van der Waals surface area contributed by atoms with Gasteiger partial charge in [-0.1, -0.05) is 41.7 Å². The SMILES string of the molecule is Cc1cn2nc(N3CCN(C[C@H](O)c4ccccc4)CC3)sc2n1. The second-order valence-electron chi connectivity index (χ2n) is 6.21. The highest BCUT2D eigenvalue weighted by Gasteiger charge is 2.22. The summed E-state index contributed by atoms with van der Waals surface area (Å²) in [4.78, 5) is 10.0. The van der Waals surface area contributed by atoms with Crippen molar-refractivity contribution in [2.45, 2.75) is 13.0 Å². The third kappa shape index (κ3) is 3.15. The summed E-state index contributed by atoms with van der Waals surface area (Å²) in [5.41, 5.74) is 1.98. The van der Waals surface area contributed by atoms with Crippen LogP contribution in [-0.4, -0.2) is 57.3 Å². The second-order valence-corrected chi connectivity index (χ2v) is 7.14. The van der Waals surface area contributed by atoms with Gasteiger partial charge in [-0.3, -0.25) is 4.90 Å². The number of piperazine rings is 1. The van der Waals surface area contributed by atoms with Crippen LogP contribution in [0.15, 0.2) is 36.5 Å². The molecule has 0 amide bonds. The number of nitrogens with zero attached hydrogens (tertiary/aromatic N) is 5. The fraction of sp³-hybridized carbons (Fsp3) is 0.412. The van der Waals surface area contributed by atoms with Gasteiger partial charge in [0.15, 0.2) is 0 Å². The van der Waals surface area contributed by atoms with Crippen LogP contribution < -0.4 is 4.90 Å². The Balaban J connectivity index is 1.35. The number of aromatic nitrogens is 3. The van der Waals surface area contributed by atoms with E-state index in [9.17, 15) is 5.11 Å². The third-order valence-corrected chi connectivity index (χ3v) is 5.39. The van der Waals surface area contributed by atoms with E-state index in [0.717, 1.165) is 47.5 Å². The Bertz CT molecular complexity index is 775. The van der Waals surface area contributed by atoms with Gasteiger partial charge in [-0.15, -0.1) is 5.10 Å². The first-order valence-electron chi connectivity index (χ1n) is 8.22. The summed E-state index contributed by atoms with van der Waals surface area (Å²) in [7, 11) is 0. The highest BCUT2D eigenvalue weighted by atomic mass is 32.1. The van der Waals surface area contributed by atoms with E-state index in [1.807, 2.05) is 48.0 Å². The van der Waals surface area contributed by atoms with Crippen molar-refractivity contribution in [3.8, 4) is 0 Å². The van der Waals surface area contributed by atoms with Gasteiger partial charge in [-0.25, -0.2) is 9.50 Å². The molecule has 0 aliphatic carbocycles. The van der Waals surface area contributed by atoms with E-state index < -0.39 is 6.10 Å². The maximum Gasteiger partial charge on any atom is 0.214 e. The maximum atomic E-state index is 10.4. The minimum Gasteiger partial charge on any atom is -0.387 e. The van der Waals surface area contributed by atoms with Crippen LogP contribution in [0.4, 0.5) is 5.13 Å². The highest BCUT2D eigenvalue weighted by Crippen LogP contribution is 2.24. The van der Waals surface area contributed by atoms with Gasteiger partial charge in [0.1, 0.15) is 0 Å². The van der Waals surface area contributed by atoms with Gasteiger partial charge in [0.2, 0.25) is 10.1 Å². The minimum atomic E-state index is -0.427. The molecule has 0 unspecified atom stereocenters. The summed E-state index contributed by atoms with van der Waals surface area (Å²) < 4.78 is 1.86. The zero-order valence-electron chi connectivity index (χ0n) is 13.7. The van der Waals surface area contributed by atoms with Gasteiger partial charge in [-0.2, -0.15) is 0 Å². The Hall–Kier alpha value is -1.96. The molecule has 3 aromatic rings. The molecule has 2 aromatic heterocycles. The fourth-order valence-corrected chi connectivity index (χ4v) is 4.05. The van der Waals surface area contributed by atoms with Crippen molar-refractivity contribution in [3.63, 3.8) is 0 Å². The zero-order valence-corrected chi connectivity index (χ0v) is 14.5. The fourth-order valence-electron chi connectivity index (χ4n) is 3.07. The molecular weight excluding hydrogens is 322 g/mol. The molecule has 1 saturated heterocycles. The average Bonchev–Trinajstić information content (AvgIpc) is 3.13. The number of aliphatic hydroxyl groups is 1. The standard InChI is InChI=1S/C17H21N5OS/c1-13-11-22-16(18-13)24-17(19-22)21-9-7-20(8-10-21)12-15(23)14-5-3-2-4-6-14/h2-6,11,15,23H,7-10,12H2,1H3/t15-/m0/s1. The van der Waals surface area contributed by atoms with Crippen LogP contribution in [0, 0.1) is 6.92 Å². The molecule has 126 valence electrons. The molecule has 6 nitrogen and oxygen atoms in total. The van der Waals surface area contributed by atoms with Crippen molar-refractivity contribution in [1.29, 1.82) is 0 Å². The van der Waals surface area contributed by atoms with Crippen molar-refractivity contribution in [1.82, 2.24) is 19.5 Å². The Morgan fingerprint density at radius 2 is 1.92 bits per heavy atom. The molecule has 1 fully saturated rings. The normalized spacial score (nSPS) is 17.5. The molecule has 4 rings (SSSR count). The first-order chi connectivity index (χ1) is 11.7. The van der Waals surface area contributed by atoms with Crippen LogP contribution in [0.25, 0.3) is 4.96 Å². The third-order valence-electron chi connectivity index (χ3n) is 4.41. The van der Waals surface area contributed by atoms with Gasteiger partial charge in [-0.05, 0) is 12.5 Å². The monoisotopic (exact) mass is 343 g/mol. The van der Waals surface area contributed by atoms with Crippen LogP contribution in [0.2, 0.25) is 0 Å². The molecule has 24 heavy (non-hydrogen) atoms. The smallest absolute Gasteiger partial charge is 0.214 e. The van der Waals surface area contributed by atoms with Crippen LogP contribution >= 0.6 is 11.3 Å². The van der Waals surface area contributed by atoms with Gasteiger partial charge >= 0.3 is 0 Å². The Labute approximate surface area is 145 Å². The van der Waals surface area contributed by atoms with Crippen molar-refractivity contribution < 1.29 is 5.11 Å². The predicted molar refractivity (Wildman–Crippen MR) is 95.7 cm³/mol. The Kier molecular flexibility index (Phi) is 4.22. The van der Waals surface area contributed by atoms with Crippen molar-refractivity contribution >= 4 is 21.4 Å². The summed E-state index contributed by atoms with van der Waals surface area (Å²) in [6, 6.07) is 9.87. The van der Waals surface area contributed by atoms with Gasteiger partial charge < -0.3 is 10.0 Å². The number of hydrogen-bond acceptors (Lipinski definition) is 6. The summed E-state index contributed by atoms with van der Waals surface area (Å²) in [5, 5.41) is 16.0. The van der Waals surface area contributed by atoms with E-state index in [0.29, 0.717) is 6.54 Å². The zero-order chi connectivity index (χ0) is 16.5. The number of hydrogen-bond donors (Lipinski definition) is 1. The predicted octanol–water partition coefficient (Wildman–Crippen LogP) is 1.95. The van der Waals surface area contributed by atoms with Crippen LogP contribution in [0.3, 0.4) is 0 Å². The Morgan fingerprint density at radius 1 is 1.17 bits per heavy atom. The first kappa shape index (κ1) is 15.6. The number of rotatable bonds is 4. The molecule has 0 radical (unpaired) electrons. The number of aryl methyl sites for hydroxylation is 1. The summed E-state index contributed by atoms with van der Waals surface area (Å²) >= 11 is 1.64. The van der Waals surface area contributed by atoms with E-state index in [2.05, 4.69) is 19.9 Å². The summed E-state index contributed by atoms with van der Waals surface area (Å²) in [5.74, 6) is 0. The van der Waals surface area contributed by atoms with Crippen LogP contribution in [0.5, 0.6) is 0 Å². The van der Waals surface area contributed by atoms with E-state index in [-0.39, 0.29) is 0 Å². The molecule has 1 N–H and O–H groups in total. The van der Waals surface area contributed by atoms with Crippen LogP contribution in [-0.2, 0) is 0 Å². The highest BCUT2D eigenvalue weighted by molar-refractivity contribution is 7.20. The lowest BCUT2D eigenvalue weighted by Crippen LogP contribution is -2.47. The lowest BCUT2D eigenvalue weighted by Gasteiger charge is -2.35. The van der Waals surface area contributed by atoms with E-state index in [1.165, 1.54) is 0 Å². The summed E-state index contributed by atoms with van der Waals surface area (Å²) in [6.07, 6.45) is 1.53. The summed E-state index contributed by atoms with van der Waals surface area (Å²) in [6.45, 7) is 6.39. The number of fused-ring (bicyclic) bond motifs is 1. The molecule has 1 aromatic carbocycles. The molecule has 0 saturated carbocycles. The molecule has 0 bridgehead atoms. The van der Waals surface area contributed by atoms with E-state index in [4.69, 9.17) is 0 Å². The molecule has 0 spiro atoms. The lowest BCUT2D eigenvalue weighted by molar-refractivity contribution is 0.109. The molecule has 1 atom stereocenters. The molecule has 1 aliphatic rings. The van der Waals surface area contributed by atoms with Crippen molar-refractivity contribution in [3.05, 3.63) is 47.8 Å². The second kappa shape index (κ2) is 6.51.